The number of nitrogens with zero attached hydrogens (tertiary/aromatic N) is 1. The average Bonchev–Trinajstić information content (AvgIpc) is 3.05. The minimum absolute atomic E-state index is 0.00300. The number of thioether (sulfide) groups is 1. The van der Waals surface area contributed by atoms with E-state index in [0.717, 1.165) is 17.0 Å². The average molecular weight is 354 g/mol. The normalized spacial score (nSPS) is 10.5. The molecule has 1 N–H and O–H groups in total. The molecule has 3 nitrogen and oxygen atoms in total. The van der Waals surface area contributed by atoms with Crippen LogP contribution >= 0.6 is 23.1 Å². The number of carbonyl (C=O) groups is 1. The predicted octanol–water partition coefficient (Wildman–Crippen LogP) is 5.24. The van der Waals surface area contributed by atoms with Gasteiger partial charge < -0.3 is 5.32 Å². The highest BCUT2D eigenvalue weighted by Crippen LogP contribution is 2.25. The summed E-state index contributed by atoms with van der Waals surface area (Å²) in [4.78, 5) is 17.7. The molecule has 122 valence electrons. The zero-order valence-corrected chi connectivity index (χ0v) is 15.0. The second-order valence-electron chi connectivity index (χ2n) is 5.36. The number of hydrogen-bond donors (Lipinski definition) is 1. The predicted molar refractivity (Wildman–Crippen MR) is 103 cm³/mol. The van der Waals surface area contributed by atoms with Crippen molar-refractivity contribution in [3.63, 3.8) is 0 Å². The van der Waals surface area contributed by atoms with Crippen LogP contribution in [0.25, 0.3) is 11.3 Å². The monoisotopic (exact) mass is 354 g/mol. The van der Waals surface area contributed by atoms with Crippen molar-refractivity contribution in [2.75, 3.05) is 11.1 Å². The third kappa shape index (κ3) is 4.69. The molecule has 0 spiro atoms. The number of aryl methyl sites for hydroxylation is 1. The Hall–Kier alpha value is -2.11. The second-order valence-corrected chi connectivity index (χ2v) is 7.39. The van der Waals surface area contributed by atoms with E-state index in [9.17, 15) is 4.79 Å². The minimum Gasteiger partial charge on any atom is -0.302 e. The summed E-state index contributed by atoms with van der Waals surface area (Å²) in [5, 5.41) is 5.51. The summed E-state index contributed by atoms with van der Waals surface area (Å²) < 4.78 is 0. The Balaban J connectivity index is 1.51. The van der Waals surface area contributed by atoms with Gasteiger partial charge in [0.25, 0.3) is 0 Å². The molecule has 0 radical (unpaired) electrons. The van der Waals surface area contributed by atoms with Crippen LogP contribution in [-0.4, -0.2) is 16.6 Å². The third-order valence-corrected chi connectivity index (χ3v) is 5.21. The third-order valence-electron chi connectivity index (χ3n) is 3.44. The van der Waals surface area contributed by atoms with Gasteiger partial charge in [0, 0.05) is 28.0 Å². The number of carbonyl (C=O) groups excluding carboxylic acids is 1. The molecule has 0 aliphatic rings. The van der Waals surface area contributed by atoms with Crippen molar-refractivity contribution in [1.82, 2.24) is 4.98 Å². The first-order valence-electron chi connectivity index (χ1n) is 7.71. The van der Waals surface area contributed by atoms with Crippen LogP contribution in [0.2, 0.25) is 0 Å². The van der Waals surface area contributed by atoms with E-state index >= 15 is 0 Å². The number of hydrogen-bond acceptors (Lipinski definition) is 4. The number of benzene rings is 2. The van der Waals surface area contributed by atoms with Crippen molar-refractivity contribution in [3.8, 4) is 11.3 Å². The number of anilines is 1. The van der Waals surface area contributed by atoms with E-state index in [1.807, 2.05) is 35.7 Å². The van der Waals surface area contributed by atoms with Gasteiger partial charge in [-0.05, 0) is 19.1 Å². The SMILES string of the molecule is Cc1ccc(-c2csc(NC(=O)CCSc3ccccc3)n2)cc1. The Morgan fingerprint density at radius 2 is 1.88 bits per heavy atom. The summed E-state index contributed by atoms with van der Waals surface area (Å²) in [6, 6.07) is 18.3. The molecule has 0 aliphatic carbocycles. The number of aromatic nitrogens is 1. The lowest BCUT2D eigenvalue weighted by atomic mass is 10.1. The van der Waals surface area contributed by atoms with Crippen molar-refractivity contribution in [2.45, 2.75) is 18.2 Å². The maximum Gasteiger partial charge on any atom is 0.226 e. The number of amides is 1. The number of rotatable bonds is 6. The fourth-order valence-corrected chi connectivity index (χ4v) is 3.76. The Labute approximate surface area is 150 Å². The Morgan fingerprint density at radius 1 is 1.12 bits per heavy atom. The Morgan fingerprint density at radius 3 is 2.62 bits per heavy atom. The molecule has 24 heavy (non-hydrogen) atoms. The lowest BCUT2D eigenvalue weighted by Crippen LogP contribution is -2.11. The van der Waals surface area contributed by atoms with Crippen LogP contribution in [0.3, 0.4) is 0 Å². The zero-order chi connectivity index (χ0) is 16.8. The molecule has 0 saturated carbocycles. The lowest BCUT2D eigenvalue weighted by Gasteiger charge is -2.02. The molecule has 0 aliphatic heterocycles. The van der Waals surface area contributed by atoms with Crippen molar-refractivity contribution in [3.05, 3.63) is 65.5 Å². The molecule has 2 aromatic carbocycles. The standard InChI is InChI=1S/C19H18N2OS2/c1-14-7-9-15(10-8-14)17-13-24-19(20-17)21-18(22)11-12-23-16-5-3-2-4-6-16/h2-10,13H,11-12H2,1H3,(H,20,21,22). The smallest absolute Gasteiger partial charge is 0.226 e. The van der Waals surface area contributed by atoms with E-state index in [4.69, 9.17) is 0 Å². The molecule has 5 heteroatoms. The summed E-state index contributed by atoms with van der Waals surface area (Å²) in [5.74, 6) is 0.759. The van der Waals surface area contributed by atoms with Crippen LogP contribution in [0.5, 0.6) is 0 Å². The molecule has 3 rings (SSSR count). The molecule has 1 heterocycles. The number of nitrogens with one attached hydrogen (secondary N) is 1. The van der Waals surface area contributed by atoms with Crippen LogP contribution in [0.15, 0.2) is 64.9 Å². The van der Waals surface area contributed by atoms with E-state index in [2.05, 4.69) is 41.5 Å². The van der Waals surface area contributed by atoms with Crippen LogP contribution in [0.4, 0.5) is 5.13 Å². The van der Waals surface area contributed by atoms with Crippen LogP contribution < -0.4 is 5.32 Å². The fraction of sp³-hybridized carbons (Fsp3) is 0.158. The van der Waals surface area contributed by atoms with Crippen LogP contribution in [0.1, 0.15) is 12.0 Å². The summed E-state index contributed by atoms with van der Waals surface area (Å²) in [7, 11) is 0. The highest BCUT2D eigenvalue weighted by atomic mass is 32.2. The van der Waals surface area contributed by atoms with E-state index in [-0.39, 0.29) is 5.91 Å². The van der Waals surface area contributed by atoms with Gasteiger partial charge in [0.1, 0.15) is 0 Å². The Bertz CT molecular complexity index is 798. The van der Waals surface area contributed by atoms with E-state index < -0.39 is 0 Å². The molecule has 0 unspecified atom stereocenters. The van der Waals surface area contributed by atoms with Gasteiger partial charge in [0.2, 0.25) is 5.91 Å². The van der Waals surface area contributed by atoms with Crippen molar-refractivity contribution in [1.29, 1.82) is 0 Å². The topological polar surface area (TPSA) is 42.0 Å². The maximum absolute atomic E-state index is 12.0. The van der Waals surface area contributed by atoms with Gasteiger partial charge in [-0.2, -0.15) is 0 Å². The number of thiazole rings is 1. The van der Waals surface area contributed by atoms with Gasteiger partial charge in [-0.1, -0.05) is 48.0 Å². The van der Waals surface area contributed by atoms with Gasteiger partial charge in [-0.15, -0.1) is 23.1 Å². The fourth-order valence-electron chi connectivity index (χ4n) is 2.15. The van der Waals surface area contributed by atoms with Gasteiger partial charge in [0.05, 0.1) is 5.69 Å². The molecular weight excluding hydrogens is 336 g/mol. The van der Waals surface area contributed by atoms with Crippen LogP contribution in [-0.2, 0) is 4.79 Å². The van der Waals surface area contributed by atoms with Crippen LogP contribution in [0, 0.1) is 6.92 Å². The van der Waals surface area contributed by atoms with Crippen molar-refractivity contribution < 1.29 is 4.79 Å². The second kappa shape index (κ2) is 8.13. The lowest BCUT2D eigenvalue weighted by molar-refractivity contribution is -0.115. The zero-order valence-electron chi connectivity index (χ0n) is 13.4. The van der Waals surface area contributed by atoms with Crippen molar-refractivity contribution >= 4 is 34.1 Å². The molecule has 0 atom stereocenters. The summed E-state index contributed by atoms with van der Waals surface area (Å²) in [5.41, 5.74) is 3.18. The van der Waals surface area contributed by atoms with E-state index in [0.29, 0.717) is 11.6 Å². The molecular formula is C19H18N2OS2. The molecule has 1 aromatic heterocycles. The minimum atomic E-state index is 0.00300. The van der Waals surface area contributed by atoms with Gasteiger partial charge in [0.15, 0.2) is 5.13 Å². The van der Waals surface area contributed by atoms with E-state index in [1.165, 1.54) is 21.8 Å². The molecule has 0 bridgehead atoms. The first kappa shape index (κ1) is 16.7. The van der Waals surface area contributed by atoms with Gasteiger partial charge in [-0.3, -0.25) is 4.79 Å². The largest absolute Gasteiger partial charge is 0.302 e. The quantitative estimate of drug-likeness (QED) is 0.616. The summed E-state index contributed by atoms with van der Waals surface area (Å²) >= 11 is 3.14. The Kier molecular flexibility index (Phi) is 5.67. The molecule has 0 fully saturated rings. The molecule has 3 aromatic rings. The maximum atomic E-state index is 12.0. The van der Waals surface area contributed by atoms with E-state index in [1.54, 1.807) is 11.8 Å². The highest BCUT2D eigenvalue weighted by molar-refractivity contribution is 7.99. The van der Waals surface area contributed by atoms with Crippen molar-refractivity contribution in [2.24, 2.45) is 0 Å². The summed E-state index contributed by atoms with van der Waals surface area (Å²) in [6.45, 7) is 2.06. The molecule has 0 saturated heterocycles. The first-order chi connectivity index (χ1) is 11.7. The summed E-state index contributed by atoms with van der Waals surface area (Å²) in [6.07, 6.45) is 0.471. The first-order valence-corrected chi connectivity index (χ1v) is 9.57. The highest BCUT2D eigenvalue weighted by Gasteiger charge is 2.08. The van der Waals surface area contributed by atoms with Gasteiger partial charge in [-0.25, -0.2) is 4.98 Å². The molecule has 1 amide bonds. The van der Waals surface area contributed by atoms with Gasteiger partial charge >= 0.3 is 0 Å².